The number of fused-ring (bicyclic) bond motifs is 1. The molecule has 37 heavy (non-hydrogen) atoms. The molecule has 4 atom stereocenters. The molecule has 8 heteroatoms. The van der Waals surface area contributed by atoms with E-state index in [2.05, 4.69) is 50.4 Å². The maximum Gasteiger partial charge on any atom is 0.253 e. The normalized spacial score (nSPS) is 25.4. The number of halogens is 1. The van der Waals surface area contributed by atoms with E-state index in [9.17, 15) is 4.79 Å². The first-order valence-corrected chi connectivity index (χ1v) is 12.9. The molecule has 2 aromatic rings. The summed E-state index contributed by atoms with van der Waals surface area (Å²) in [5, 5.41) is 3.12. The lowest BCUT2D eigenvalue weighted by Gasteiger charge is -2.36. The summed E-state index contributed by atoms with van der Waals surface area (Å²) in [6.45, 7) is 1.90. The lowest BCUT2D eigenvalue weighted by Crippen LogP contribution is -2.43. The minimum absolute atomic E-state index is 0.0412. The van der Waals surface area contributed by atoms with Gasteiger partial charge in [-0.3, -0.25) is 14.7 Å². The molecule has 0 bridgehead atoms. The van der Waals surface area contributed by atoms with Gasteiger partial charge < -0.3 is 15.1 Å². The molecule has 1 fully saturated rings. The monoisotopic (exact) mass is 502 g/mol. The van der Waals surface area contributed by atoms with Crippen LogP contribution in [-0.2, 0) is 0 Å². The topological polar surface area (TPSA) is 64.1 Å². The van der Waals surface area contributed by atoms with E-state index >= 15 is 4.39 Å². The minimum Gasteiger partial charge on any atom is -0.387 e. The lowest BCUT2D eigenvalue weighted by molar-refractivity contribution is 0.0827. The van der Waals surface area contributed by atoms with Gasteiger partial charge in [0.2, 0.25) is 0 Å². The van der Waals surface area contributed by atoms with E-state index in [1.54, 1.807) is 19.0 Å². The molecular weight excluding hydrogens is 467 g/mol. The van der Waals surface area contributed by atoms with E-state index in [1.165, 1.54) is 0 Å². The summed E-state index contributed by atoms with van der Waals surface area (Å²) >= 11 is 0. The third kappa shape index (κ3) is 5.03. The fourth-order valence-corrected chi connectivity index (χ4v) is 5.57. The van der Waals surface area contributed by atoms with Crippen molar-refractivity contribution in [2.75, 3.05) is 53.1 Å². The number of alkyl halides is 1. The maximum atomic E-state index is 15.4. The summed E-state index contributed by atoms with van der Waals surface area (Å²) in [4.78, 5) is 27.4. The molecule has 4 heterocycles. The molecule has 194 valence electrons. The lowest BCUT2D eigenvalue weighted by atomic mass is 9.87. The molecule has 1 aromatic carbocycles. The van der Waals surface area contributed by atoms with Gasteiger partial charge in [-0.25, -0.2) is 9.38 Å². The Morgan fingerprint density at radius 2 is 1.95 bits per heavy atom. The summed E-state index contributed by atoms with van der Waals surface area (Å²) in [6, 6.07) is 11.5. The van der Waals surface area contributed by atoms with Crippen molar-refractivity contribution < 1.29 is 9.18 Å². The number of likely N-dealkylation sites (tertiary alicyclic amines) is 1. The van der Waals surface area contributed by atoms with Crippen LogP contribution in [0.5, 0.6) is 0 Å². The molecule has 0 saturated carbocycles. The van der Waals surface area contributed by atoms with Gasteiger partial charge in [-0.2, -0.15) is 0 Å². The Morgan fingerprint density at radius 3 is 2.59 bits per heavy atom. The number of amides is 1. The largest absolute Gasteiger partial charge is 0.387 e. The van der Waals surface area contributed by atoms with Crippen LogP contribution in [0.1, 0.15) is 39.9 Å². The number of aromatic nitrogens is 1. The number of aliphatic imine (C=N–C) groups is 1. The minimum atomic E-state index is -0.958. The van der Waals surface area contributed by atoms with E-state index < -0.39 is 6.17 Å². The second-order valence-electron chi connectivity index (χ2n) is 10.3. The number of anilines is 1. The number of piperidine rings is 1. The van der Waals surface area contributed by atoms with Crippen LogP contribution in [0, 0.1) is 5.92 Å². The number of allylic oxidation sites excluding steroid dienone is 1. The number of carbonyl (C=O) groups excluding carboxylic acids is 1. The zero-order chi connectivity index (χ0) is 26.1. The summed E-state index contributed by atoms with van der Waals surface area (Å²) in [5.41, 5.74) is 4.75. The number of likely N-dealkylation sites (N-methyl/N-ethyl adjacent to an activating group) is 1. The molecule has 0 aliphatic carbocycles. The van der Waals surface area contributed by atoms with Crippen molar-refractivity contribution in [1.29, 1.82) is 0 Å². The molecule has 0 spiro atoms. The first-order valence-electron chi connectivity index (χ1n) is 12.9. The molecule has 7 nitrogen and oxygen atoms in total. The predicted octanol–water partition coefficient (Wildman–Crippen LogP) is 4.11. The van der Waals surface area contributed by atoms with Crippen molar-refractivity contribution in [3.63, 3.8) is 0 Å². The van der Waals surface area contributed by atoms with Crippen LogP contribution in [0.3, 0.4) is 0 Å². The predicted molar refractivity (Wildman–Crippen MR) is 146 cm³/mol. The van der Waals surface area contributed by atoms with Gasteiger partial charge in [0.1, 0.15) is 12.0 Å². The van der Waals surface area contributed by atoms with Crippen molar-refractivity contribution in [3.05, 3.63) is 83.5 Å². The highest BCUT2D eigenvalue weighted by Gasteiger charge is 2.37. The standard InChI is InChI=1S/C29H35FN6O/c1-31-21-9-10-27(33-16-21)24-11-13-32-28-25(24)15-22(35(28)4)17-36-14-12-23(26(30)18-36)19-5-7-20(8-6-19)29(37)34(2)3/h5-11,13,15-16,23-26,31H,12,14,17-18H2,1-4H3/t23-,24?,25?,26-/m0/s1. The van der Waals surface area contributed by atoms with Crippen LogP contribution in [-0.4, -0.2) is 85.4 Å². The molecule has 1 amide bonds. The van der Waals surface area contributed by atoms with Crippen LogP contribution in [0.25, 0.3) is 0 Å². The highest BCUT2D eigenvalue weighted by Crippen LogP contribution is 2.38. The smallest absolute Gasteiger partial charge is 0.253 e. The van der Waals surface area contributed by atoms with Crippen molar-refractivity contribution in [1.82, 2.24) is 19.7 Å². The maximum absolute atomic E-state index is 15.4. The second kappa shape index (κ2) is 10.5. The quantitative estimate of drug-likeness (QED) is 0.644. The number of amidine groups is 1. The molecule has 1 aromatic heterocycles. The number of carbonyl (C=O) groups is 1. The number of nitrogens with one attached hydrogen (secondary N) is 1. The van der Waals surface area contributed by atoms with Gasteiger partial charge in [-0.15, -0.1) is 0 Å². The number of nitrogens with zero attached hydrogens (tertiary/aromatic N) is 5. The SMILES string of the molecule is CNc1ccc(C2C=CN=C3C2C=C(CN2CC[C@@H](c4ccc(C(=O)N(C)C)cc4)[C@@H](F)C2)N3C)nc1. The van der Waals surface area contributed by atoms with Crippen molar-refractivity contribution in [2.45, 2.75) is 24.4 Å². The number of benzene rings is 1. The molecule has 0 radical (unpaired) electrons. The van der Waals surface area contributed by atoms with Gasteiger partial charge in [0.15, 0.2) is 0 Å². The zero-order valence-electron chi connectivity index (χ0n) is 21.9. The number of rotatable bonds is 6. The first-order chi connectivity index (χ1) is 17.9. The summed E-state index contributed by atoms with van der Waals surface area (Å²) < 4.78 is 15.4. The van der Waals surface area contributed by atoms with Gasteiger partial charge in [0, 0.05) is 82.2 Å². The third-order valence-corrected chi connectivity index (χ3v) is 7.75. The Labute approximate surface area is 218 Å². The van der Waals surface area contributed by atoms with Crippen molar-refractivity contribution in [3.8, 4) is 0 Å². The van der Waals surface area contributed by atoms with Gasteiger partial charge >= 0.3 is 0 Å². The first kappa shape index (κ1) is 25.1. The molecule has 5 rings (SSSR count). The molecular formula is C29H35FN6O. The van der Waals surface area contributed by atoms with Crippen LogP contribution < -0.4 is 5.32 Å². The third-order valence-electron chi connectivity index (χ3n) is 7.75. The second-order valence-corrected chi connectivity index (χ2v) is 10.3. The van der Waals surface area contributed by atoms with Gasteiger partial charge in [-0.1, -0.05) is 24.3 Å². The summed E-state index contributed by atoms with van der Waals surface area (Å²) in [7, 11) is 7.40. The number of hydrogen-bond donors (Lipinski definition) is 1. The Balaban J connectivity index is 1.24. The molecule has 2 unspecified atom stereocenters. The highest BCUT2D eigenvalue weighted by atomic mass is 19.1. The van der Waals surface area contributed by atoms with E-state index in [0.717, 1.165) is 41.4 Å². The summed E-state index contributed by atoms with van der Waals surface area (Å²) in [5.74, 6) is 1.07. The van der Waals surface area contributed by atoms with E-state index in [0.29, 0.717) is 18.7 Å². The molecule has 3 aliphatic heterocycles. The zero-order valence-corrected chi connectivity index (χ0v) is 21.9. The Hall–Kier alpha value is -3.52. The number of pyridine rings is 1. The average molecular weight is 503 g/mol. The fraction of sp³-hybridized carbons (Fsp3) is 0.414. The van der Waals surface area contributed by atoms with Crippen LogP contribution in [0.2, 0.25) is 0 Å². The number of hydrogen-bond acceptors (Lipinski definition) is 6. The van der Waals surface area contributed by atoms with Crippen molar-refractivity contribution in [2.24, 2.45) is 10.9 Å². The van der Waals surface area contributed by atoms with Gasteiger partial charge in [-0.05, 0) is 42.8 Å². The van der Waals surface area contributed by atoms with E-state index in [-0.39, 0.29) is 23.7 Å². The van der Waals surface area contributed by atoms with Crippen LogP contribution in [0.4, 0.5) is 10.1 Å². The molecule has 1 saturated heterocycles. The van der Waals surface area contributed by atoms with Gasteiger partial charge in [0.05, 0.1) is 11.9 Å². The highest BCUT2D eigenvalue weighted by molar-refractivity contribution is 5.94. The fourth-order valence-electron chi connectivity index (χ4n) is 5.57. The van der Waals surface area contributed by atoms with Crippen LogP contribution in [0.15, 0.2) is 71.6 Å². The van der Waals surface area contributed by atoms with Crippen LogP contribution >= 0.6 is 0 Å². The van der Waals surface area contributed by atoms with Gasteiger partial charge in [0.25, 0.3) is 5.91 Å². The molecule has 3 aliphatic rings. The Morgan fingerprint density at radius 1 is 1.16 bits per heavy atom. The van der Waals surface area contributed by atoms with Crippen molar-refractivity contribution >= 4 is 17.4 Å². The Kier molecular flexibility index (Phi) is 7.11. The Bertz CT molecular complexity index is 1220. The summed E-state index contributed by atoms with van der Waals surface area (Å²) in [6.07, 6.45) is 7.91. The molecule has 1 N–H and O–H groups in total. The average Bonchev–Trinajstić information content (AvgIpc) is 3.23. The van der Waals surface area contributed by atoms with E-state index in [4.69, 9.17) is 0 Å². The van der Waals surface area contributed by atoms with E-state index in [1.807, 2.05) is 49.8 Å².